The Kier molecular flexibility index (Phi) is 6.44. The highest BCUT2D eigenvalue weighted by atomic mass is 19.1. The third-order valence-corrected chi connectivity index (χ3v) is 6.03. The fourth-order valence-corrected chi connectivity index (χ4v) is 4.32. The molecule has 0 bridgehead atoms. The standard InChI is InChI=1S/C25H27FN2O4/c1-31-20-11-8-18(16-21(20)32-2)22-23(27-13-4-3-5-14-27)25(30)28(24(22)29)15-12-17-6-9-19(26)10-7-17/h6-11,16H,3-5,12-15H2,1-2H3. The van der Waals surface area contributed by atoms with Crippen LogP contribution in [0.1, 0.15) is 30.4 Å². The minimum atomic E-state index is -0.315. The van der Waals surface area contributed by atoms with Crippen molar-refractivity contribution in [3.8, 4) is 11.5 Å². The summed E-state index contributed by atoms with van der Waals surface area (Å²) < 4.78 is 24.0. The van der Waals surface area contributed by atoms with Crippen molar-refractivity contribution in [1.82, 2.24) is 9.80 Å². The second-order valence-electron chi connectivity index (χ2n) is 7.98. The number of hydrogen-bond donors (Lipinski definition) is 0. The number of nitrogens with zero attached hydrogens (tertiary/aromatic N) is 2. The van der Waals surface area contributed by atoms with Crippen LogP contribution in [0.2, 0.25) is 0 Å². The Hall–Kier alpha value is -3.35. The quantitative estimate of drug-likeness (QED) is 0.618. The van der Waals surface area contributed by atoms with Crippen molar-refractivity contribution in [2.24, 2.45) is 0 Å². The summed E-state index contributed by atoms with van der Waals surface area (Å²) in [5.74, 6) is 0.155. The van der Waals surface area contributed by atoms with Crippen LogP contribution >= 0.6 is 0 Å². The molecule has 6 nitrogen and oxygen atoms in total. The van der Waals surface area contributed by atoms with E-state index in [4.69, 9.17) is 9.47 Å². The van der Waals surface area contributed by atoms with E-state index >= 15 is 0 Å². The van der Waals surface area contributed by atoms with Crippen LogP contribution < -0.4 is 9.47 Å². The molecule has 0 spiro atoms. The van der Waals surface area contributed by atoms with E-state index in [1.54, 1.807) is 37.4 Å². The first kappa shape index (κ1) is 21.9. The largest absolute Gasteiger partial charge is 0.493 e. The van der Waals surface area contributed by atoms with Gasteiger partial charge in [0.1, 0.15) is 11.5 Å². The Balaban J connectivity index is 1.68. The van der Waals surface area contributed by atoms with Crippen molar-refractivity contribution in [1.29, 1.82) is 0 Å². The van der Waals surface area contributed by atoms with Gasteiger partial charge < -0.3 is 14.4 Å². The van der Waals surface area contributed by atoms with Crippen LogP contribution in [0.15, 0.2) is 48.2 Å². The molecule has 0 aliphatic carbocycles. The minimum absolute atomic E-state index is 0.234. The van der Waals surface area contributed by atoms with E-state index < -0.39 is 0 Å². The molecule has 1 saturated heterocycles. The van der Waals surface area contributed by atoms with Crippen LogP contribution in [0.3, 0.4) is 0 Å². The van der Waals surface area contributed by atoms with E-state index in [0.29, 0.717) is 34.8 Å². The van der Waals surface area contributed by atoms with Gasteiger partial charge in [-0.1, -0.05) is 18.2 Å². The van der Waals surface area contributed by atoms with Gasteiger partial charge in [0.15, 0.2) is 11.5 Å². The van der Waals surface area contributed by atoms with Gasteiger partial charge in [-0.3, -0.25) is 14.5 Å². The molecule has 0 atom stereocenters. The molecule has 2 aliphatic rings. The second kappa shape index (κ2) is 9.42. The zero-order chi connectivity index (χ0) is 22.7. The predicted molar refractivity (Wildman–Crippen MR) is 119 cm³/mol. The maximum Gasteiger partial charge on any atom is 0.277 e. The van der Waals surface area contributed by atoms with E-state index in [0.717, 1.165) is 37.9 Å². The van der Waals surface area contributed by atoms with Crippen LogP contribution in [-0.2, 0) is 16.0 Å². The molecule has 7 heteroatoms. The fourth-order valence-electron chi connectivity index (χ4n) is 4.32. The summed E-state index contributed by atoms with van der Waals surface area (Å²) in [5.41, 5.74) is 2.36. The number of carbonyl (C=O) groups excluding carboxylic acids is 2. The first-order chi connectivity index (χ1) is 15.5. The lowest BCUT2D eigenvalue weighted by Crippen LogP contribution is -2.38. The summed E-state index contributed by atoms with van der Waals surface area (Å²) in [5, 5.41) is 0. The highest BCUT2D eigenvalue weighted by Gasteiger charge is 2.41. The predicted octanol–water partition coefficient (Wildman–Crippen LogP) is 3.65. The van der Waals surface area contributed by atoms with E-state index in [1.807, 2.05) is 4.90 Å². The number of hydrogen-bond acceptors (Lipinski definition) is 5. The van der Waals surface area contributed by atoms with Gasteiger partial charge in [0.2, 0.25) is 0 Å². The molecule has 2 aromatic rings. The highest BCUT2D eigenvalue weighted by Crippen LogP contribution is 2.37. The molecule has 0 radical (unpaired) electrons. The zero-order valence-corrected chi connectivity index (χ0v) is 18.4. The smallest absolute Gasteiger partial charge is 0.277 e. The number of imide groups is 1. The van der Waals surface area contributed by atoms with Gasteiger partial charge >= 0.3 is 0 Å². The summed E-state index contributed by atoms with van der Waals surface area (Å²) in [7, 11) is 3.09. The SMILES string of the molecule is COc1ccc(C2=C(N3CCCCC3)C(=O)N(CCc3ccc(F)cc3)C2=O)cc1OC. The molecule has 1 fully saturated rings. The zero-order valence-electron chi connectivity index (χ0n) is 18.4. The Morgan fingerprint density at radius 2 is 1.56 bits per heavy atom. The molecule has 2 amide bonds. The van der Waals surface area contributed by atoms with Crippen LogP contribution in [0.25, 0.3) is 5.57 Å². The van der Waals surface area contributed by atoms with E-state index in [9.17, 15) is 14.0 Å². The number of benzene rings is 2. The molecule has 4 rings (SSSR count). The Morgan fingerprint density at radius 3 is 2.22 bits per heavy atom. The third kappa shape index (κ3) is 4.20. The van der Waals surface area contributed by atoms with Gasteiger partial charge in [-0.15, -0.1) is 0 Å². The van der Waals surface area contributed by atoms with Gasteiger partial charge in [-0.25, -0.2) is 4.39 Å². The van der Waals surface area contributed by atoms with Gasteiger partial charge in [-0.2, -0.15) is 0 Å². The van der Waals surface area contributed by atoms with Crippen molar-refractivity contribution in [3.05, 3.63) is 65.1 Å². The number of ether oxygens (including phenoxy) is 2. The average Bonchev–Trinajstić information content (AvgIpc) is 3.08. The first-order valence-electron chi connectivity index (χ1n) is 10.9. The summed E-state index contributed by atoms with van der Waals surface area (Å²) in [4.78, 5) is 30.3. The average molecular weight is 438 g/mol. The number of carbonyl (C=O) groups is 2. The third-order valence-electron chi connectivity index (χ3n) is 6.03. The summed E-state index contributed by atoms with van der Waals surface area (Å²) in [6.45, 7) is 1.73. The van der Waals surface area contributed by atoms with Crippen LogP contribution in [-0.4, -0.2) is 55.5 Å². The maximum absolute atomic E-state index is 13.5. The van der Waals surface area contributed by atoms with E-state index in [1.165, 1.54) is 24.1 Å². The molecule has 32 heavy (non-hydrogen) atoms. The summed E-state index contributed by atoms with van der Waals surface area (Å²) in [6.07, 6.45) is 3.55. The molecule has 0 aromatic heterocycles. The van der Waals surface area contributed by atoms with Crippen LogP contribution in [0, 0.1) is 5.82 Å². The Morgan fingerprint density at radius 1 is 0.875 bits per heavy atom. The molecule has 2 aliphatic heterocycles. The maximum atomic E-state index is 13.5. The highest BCUT2D eigenvalue weighted by molar-refractivity contribution is 6.35. The van der Waals surface area contributed by atoms with Crippen molar-refractivity contribution in [2.45, 2.75) is 25.7 Å². The van der Waals surface area contributed by atoms with Gasteiger partial charge in [0, 0.05) is 19.6 Å². The number of methoxy groups -OCH3 is 2. The fraction of sp³-hybridized carbons (Fsp3) is 0.360. The minimum Gasteiger partial charge on any atom is -0.493 e. The van der Waals surface area contributed by atoms with Gasteiger partial charge in [-0.05, 0) is 61.1 Å². The van der Waals surface area contributed by atoms with E-state index in [-0.39, 0.29) is 24.2 Å². The molecule has 2 aromatic carbocycles. The number of amides is 2. The molecule has 0 saturated carbocycles. The molecular formula is C25H27FN2O4. The monoisotopic (exact) mass is 438 g/mol. The summed E-state index contributed by atoms with van der Waals surface area (Å²) >= 11 is 0. The van der Waals surface area contributed by atoms with Crippen LogP contribution in [0.4, 0.5) is 4.39 Å². The first-order valence-corrected chi connectivity index (χ1v) is 10.9. The number of rotatable bonds is 7. The van der Waals surface area contributed by atoms with Crippen LogP contribution in [0.5, 0.6) is 11.5 Å². The number of likely N-dealkylation sites (tertiary alicyclic amines) is 1. The van der Waals surface area contributed by atoms with Crippen molar-refractivity contribution in [3.63, 3.8) is 0 Å². The molecule has 2 heterocycles. The normalized spacial score (nSPS) is 16.7. The number of halogens is 1. The molecule has 168 valence electrons. The molecular weight excluding hydrogens is 411 g/mol. The van der Waals surface area contributed by atoms with Crippen molar-refractivity contribution < 1.29 is 23.5 Å². The van der Waals surface area contributed by atoms with E-state index in [2.05, 4.69) is 0 Å². The lowest BCUT2D eigenvalue weighted by Gasteiger charge is -2.29. The second-order valence-corrected chi connectivity index (χ2v) is 7.98. The lowest BCUT2D eigenvalue weighted by atomic mass is 10.0. The van der Waals surface area contributed by atoms with Crippen molar-refractivity contribution >= 4 is 17.4 Å². The van der Waals surface area contributed by atoms with Gasteiger partial charge in [0.05, 0.1) is 19.8 Å². The van der Waals surface area contributed by atoms with Gasteiger partial charge in [0.25, 0.3) is 11.8 Å². The topological polar surface area (TPSA) is 59.1 Å². The Bertz CT molecular complexity index is 1040. The summed E-state index contributed by atoms with van der Waals surface area (Å²) in [6, 6.07) is 11.4. The number of piperidine rings is 1. The molecule has 0 unspecified atom stereocenters. The van der Waals surface area contributed by atoms with Crippen molar-refractivity contribution in [2.75, 3.05) is 33.9 Å². The lowest BCUT2D eigenvalue weighted by molar-refractivity contribution is -0.137. The molecule has 0 N–H and O–H groups in total. The Labute approximate surface area is 187 Å².